The van der Waals surface area contributed by atoms with Crippen LogP contribution in [0, 0.1) is 5.92 Å². The Hall–Kier alpha value is -2.85. The number of nitrogens with zero attached hydrogens (tertiary/aromatic N) is 1. The number of hydrogen-bond acceptors (Lipinski definition) is 5. The van der Waals surface area contributed by atoms with E-state index in [2.05, 4.69) is 15.8 Å². The average molecular weight is 406 g/mol. The molecule has 9 nitrogen and oxygen atoms in total. The number of sulfonamides is 1. The van der Waals surface area contributed by atoms with E-state index in [1.807, 2.05) is 0 Å². The molecule has 0 unspecified atom stereocenters. The molecule has 1 fully saturated rings. The molecule has 1 aliphatic rings. The predicted octanol–water partition coefficient (Wildman–Crippen LogP) is 0.885. The molecule has 1 saturated heterocycles. The van der Waals surface area contributed by atoms with Gasteiger partial charge in [-0.1, -0.05) is 0 Å². The summed E-state index contributed by atoms with van der Waals surface area (Å²) in [6.07, 6.45) is 2.69. The van der Waals surface area contributed by atoms with Gasteiger partial charge in [0, 0.05) is 19.3 Å². The second-order valence-corrected chi connectivity index (χ2v) is 8.34. The summed E-state index contributed by atoms with van der Waals surface area (Å²) >= 11 is 0. The van der Waals surface area contributed by atoms with E-state index in [9.17, 15) is 18.0 Å². The van der Waals surface area contributed by atoms with Crippen LogP contribution >= 0.6 is 0 Å². The van der Waals surface area contributed by atoms with Gasteiger partial charge in [0.05, 0.1) is 17.9 Å². The number of carbonyl (C=O) groups is 2. The van der Waals surface area contributed by atoms with Gasteiger partial charge in [0.15, 0.2) is 0 Å². The van der Waals surface area contributed by atoms with Gasteiger partial charge in [0.25, 0.3) is 5.91 Å². The van der Waals surface area contributed by atoms with Crippen LogP contribution in [-0.4, -0.2) is 49.7 Å². The van der Waals surface area contributed by atoms with Crippen molar-refractivity contribution >= 4 is 21.8 Å². The molecule has 3 N–H and O–H groups in total. The van der Waals surface area contributed by atoms with Gasteiger partial charge >= 0.3 is 0 Å². The fourth-order valence-corrected chi connectivity index (χ4v) is 4.55. The summed E-state index contributed by atoms with van der Waals surface area (Å²) in [5, 5.41) is 0. The molecule has 150 valence electrons. The van der Waals surface area contributed by atoms with Gasteiger partial charge in [-0.3, -0.25) is 20.4 Å². The summed E-state index contributed by atoms with van der Waals surface area (Å²) in [6.45, 7) is 0.394. The predicted molar refractivity (Wildman–Crippen MR) is 101 cm³/mol. The second-order valence-electron chi connectivity index (χ2n) is 6.40. The number of methoxy groups -OCH3 is 1. The van der Waals surface area contributed by atoms with Crippen molar-refractivity contribution in [2.45, 2.75) is 17.7 Å². The molecule has 1 aromatic carbocycles. The molecule has 0 bridgehead atoms. The summed E-state index contributed by atoms with van der Waals surface area (Å²) in [5.74, 6) is -0.884. The molecule has 1 atom stereocenters. The van der Waals surface area contributed by atoms with Crippen molar-refractivity contribution < 1.29 is 22.7 Å². The number of ether oxygens (including phenoxy) is 1. The molecule has 2 aromatic rings. The molecule has 1 aliphatic heterocycles. The Bertz CT molecular complexity index is 925. The number of nitrogens with one attached hydrogen (secondary N) is 3. The van der Waals surface area contributed by atoms with Crippen LogP contribution in [0.25, 0.3) is 0 Å². The van der Waals surface area contributed by atoms with Crippen molar-refractivity contribution in [3.63, 3.8) is 0 Å². The van der Waals surface area contributed by atoms with Crippen LogP contribution in [0.15, 0.2) is 47.5 Å². The van der Waals surface area contributed by atoms with Gasteiger partial charge in [-0.15, -0.1) is 0 Å². The first-order valence-corrected chi connectivity index (χ1v) is 10.2. The number of benzene rings is 1. The highest BCUT2D eigenvalue weighted by molar-refractivity contribution is 7.89. The molecule has 28 heavy (non-hydrogen) atoms. The monoisotopic (exact) mass is 406 g/mol. The number of hydrazine groups is 1. The summed E-state index contributed by atoms with van der Waals surface area (Å²) in [5.41, 5.74) is 5.01. The number of aromatic amines is 1. The summed E-state index contributed by atoms with van der Waals surface area (Å²) in [6, 6.07) is 9.36. The van der Waals surface area contributed by atoms with E-state index in [-0.39, 0.29) is 11.4 Å². The highest BCUT2D eigenvalue weighted by Gasteiger charge is 2.33. The Morgan fingerprint density at radius 3 is 2.57 bits per heavy atom. The van der Waals surface area contributed by atoms with Gasteiger partial charge in [0.1, 0.15) is 11.4 Å². The van der Waals surface area contributed by atoms with E-state index < -0.39 is 27.8 Å². The highest BCUT2D eigenvalue weighted by atomic mass is 32.2. The number of carbonyl (C=O) groups excluding carboxylic acids is 2. The molecule has 0 saturated carbocycles. The lowest BCUT2D eigenvalue weighted by atomic mass is 9.99. The van der Waals surface area contributed by atoms with Crippen LogP contribution in [-0.2, 0) is 14.8 Å². The Labute approximate surface area is 163 Å². The Morgan fingerprint density at radius 2 is 1.93 bits per heavy atom. The summed E-state index contributed by atoms with van der Waals surface area (Å²) < 4.78 is 32.1. The minimum atomic E-state index is -3.71. The van der Waals surface area contributed by atoms with Crippen LogP contribution in [0.1, 0.15) is 23.3 Å². The molecular formula is C18H22N4O5S. The molecule has 3 rings (SSSR count). The first-order chi connectivity index (χ1) is 13.4. The lowest BCUT2D eigenvalue weighted by molar-refractivity contribution is -0.126. The Balaban J connectivity index is 1.62. The molecule has 0 radical (unpaired) electrons. The van der Waals surface area contributed by atoms with Crippen LogP contribution in [0.5, 0.6) is 5.75 Å². The largest absolute Gasteiger partial charge is 0.497 e. The molecule has 2 heterocycles. The zero-order chi connectivity index (χ0) is 20.1. The standard InChI is InChI=1S/C18H22N4O5S/c1-27-14-6-8-15(9-7-14)28(25,26)22-11-3-4-13(12-22)17(23)20-21-18(24)16-5-2-10-19-16/h2,5-10,13,19H,3-4,11-12H2,1H3,(H,20,23)(H,21,24)/t13-/m1/s1. The number of hydrogen-bond donors (Lipinski definition) is 3. The first kappa shape index (κ1) is 19.9. The van der Waals surface area contributed by atoms with E-state index in [1.165, 1.54) is 23.5 Å². The number of piperidine rings is 1. The summed E-state index contributed by atoms with van der Waals surface area (Å²) in [7, 11) is -2.21. The van der Waals surface area contributed by atoms with Crippen molar-refractivity contribution in [1.29, 1.82) is 0 Å². The van der Waals surface area contributed by atoms with E-state index in [4.69, 9.17) is 4.74 Å². The van der Waals surface area contributed by atoms with Crippen molar-refractivity contribution in [2.75, 3.05) is 20.2 Å². The minimum absolute atomic E-state index is 0.0541. The number of H-pyrrole nitrogens is 1. The van der Waals surface area contributed by atoms with E-state index in [1.54, 1.807) is 30.5 Å². The third kappa shape index (κ3) is 4.34. The normalized spacial score (nSPS) is 17.7. The maximum atomic E-state index is 12.9. The molecule has 0 spiro atoms. The van der Waals surface area contributed by atoms with E-state index in [0.717, 1.165) is 0 Å². The van der Waals surface area contributed by atoms with E-state index >= 15 is 0 Å². The van der Waals surface area contributed by atoms with E-state index in [0.29, 0.717) is 30.8 Å². The maximum Gasteiger partial charge on any atom is 0.286 e. The van der Waals surface area contributed by atoms with Gasteiger partial charge in [-0.05, 0) is 49.2 Å². The molecular weight excluding hydrogens is 384 g/mol. The zero-order valence-corrected chi connectivity index (χ0v) is 16.2. The average Bonchev–Trinajstić information content (AvgIpc) is 3.27. The third-order valence-electron chi connectivity index (χ3n) is 4.59. The lowest BCUT2D eigenvalue weighted by Gasteiger charge is -2.31. The topological polar surface area (TPSA) is 121 Å². The molecule has 1 aromatic heterocycles. The molecule has 2 amide bonds. The lowest BCUT2D eigenvalue weighted by Crippen LogP contribution is -2.50. The van der Waals surface area contributed by atoms with Crippen LogP contribution in [0.4, 0.5) is 0 Å². The van der Waals surface area contributed by atoms with Crippen LogP contribution in [0.2, 0.25) is 0 Å². The molecule has 0 aliphatic carbocycles. The SMILES string of the molecule is COc1ccc(S(=O)(=O)N2CCC[C@@H](C(=O)NNC(=O)c3ccc[nH]3)C2)cc1. The van der Waals surface area contributed by atoms with Crippen molar-refractivity contribution in [3.05, 3.63) is 48.3 Å². The van der Waals surface area contributed by atoms with Crippen LogP contribution < -0.4 is 15.6 Å². The Morgan fingerprint density at radius 1 is 1.18 bits per heavy atom. The molecule has 10 heteroatoms. The number of aromatic nitrogens is 1. The van der Waals surface area contributed by atoms with Crippen molar-refractivity contribution in [3.8, 4) is 5.75 Å². The fourth-order valence-electron chi connectivity index (χ4n) is 3.03. The zero-order valence-electron chi connectivity index (χ0n) is 15.3. The van der Waals surface area contributed by atoms with Crippen molar-refractivity contribution in [1.82, 2.24) is 20.1 Å². The second kappa shape index (κ2) is 8.44. The number of rotatable bonds is 5. The van der Waals surface area contributed by atoms with Gasteiger partial charge in [-0.25, -0.2) is 8.42 Å². The van der Waals surface area contributed by atoms with Crippen LogP contribution in [0.3, 0.4) is 0 Å². The third-order valence-corrected chi connectivity index (χ3v) is 6.47. The fraction of sp³-hybridized carbons (Fsp3) is 0.333. The van der Waals surface area contributed by atoms with Gasteiger partial charge in [-0.2, -0.15) is 4.31 Å². The maximum absolute atomic E-state index is 12.9. The number of amides is 2. The smallest absolute Gasteiger partial charge is 0.286 e. The Kier molecular flexibility index (Phi) is 6.00. The first-order valence-electron chi connectivity index (χ1n) is 8.79. The van der Waals surface area contributed by atoms with Crippen molar-refractivity contribution in [2.24, 2.45) is 5.92 Å². The van der Waals surface area contributed by atoms with Gasteiger partial charge in [0.2, 0.25) is 15.9 Å². The quantitative estimate of drug-likeness (QED) is 0.637. The minimum Gasteiger partial charge on any atom is -0.497 e. The summed E-state index contributed by atoms with van der Waals surface area (Å²) in [4.78, 5) is 27.2. The van der Waals surface area contributed by atoms with Gasteiger partial charge < -0.3 is 9.72 Å². The highest BCUT2D eigenvalue weighted by Crippen LogP contribution is 2.25.